The number of likely N-dealkylation sites (tertiary alicyclic amines) is 1. The number of rotatable bonds is 6. The van der Waals surface area contributed by atoms with Gasteiger partial charge in [-0.2, -0.15) is 0 Å². The molecular weight excluding hydrogens is 380 g/mol. The summed E-state index contributed by atoms with van der Waals surface area (Å²) < 4.78 is 11.8. The molecule has 2 atom stereocenters. The molecule has 0 unspecified atom stereocenters. The molecule has 1 aromatic heterocycles. The summed E-state index contributed by atoms with van der Waals surface area (Å²) in [7, 11) is 3.43. The van der Waals surface area contributed by atoms with E-state index < -0.39 is 12.0 Å². The summed E-state index contributed by atoms with van der Waals surface area (Å²) >= 11 is 0. The van der Waals surface area contributed by atoms with Crippen molar-refractivity contribution in [3.05, 3.63) is 60.7 Å². The maximum Gasteiger partial charge on any atom is 0.321 e. The van der Waals surface area contributed by atoms with Crippen LogP contribution in [0.3, 0.4) is 0 Å². The molecule has 6 heteroatoms. The van der Waals surface area contributed by atoms with Crippen LogP contribution >= 0.6 is 0 Å². The zero-order valence-corrected chi connectivity index (χ0v) is 17.0. The minimum Gasteiger partial charge on any atom is -0.496 e. The van der Waals surface area contributed by atoms with Crippen LogP contribution in [-0.4, -0.2) is 53.8 Å². The SMILES string of the molecule is C=Cc1cc2c(O[C@@H]3C[C@@H](C(=O)O)N(C)C3)cc(-c3ccccc3)nc2cc1OC. The highest BCUT2D eigenvalue weighted by molar-refractivity contribution is 5.91. The van der Waals surface area contributed by atoms with E-state index in [2.05, 4.69) is 6.58 Å². The molecule has 2 heterocycles. The normalized spacial score (nSPS) is 19.0. The van der Waals surface area contributed by atoms with Gasteiger partial charge in [0.05, 0.1) is 18.3 Å². The minimum atomic E-state index is -0.827. The number of aromatic nitrogens is 1. The van der Waals surface area contributed by atoms with Crippen LogP contribution in [0.2, 0.25) is 0 Å². The molecule has 0 saturated carbocycles. The molecule has 0 amide bonds. The zero-order valence-electron chi connectivity index (χ0n) is 17.0. The fourth-order valence-corrected chi connectivity index (χ4v) is 3.94. The Hall–Kier alpha value is -3.38. The summed E-state index contributed by atoms with van der Waals surface area (Å²) in [6.07, 6.45) is 1.94. The number of pyridine rings is 1. The number of nitrogens with zero attached hydrogens (tertiary/aromatic N) is 2. The topological polar surface area (TPSA) is 71.9 Å². The van der Waals surface area contributed by atoms with Gasteiger partial charge in [0.1, 0.15) is 23.6 Å². The molecular formula is C24H24N2O4. The molecule has 0 aliphatic carbocycles. The molecule has 1 N–H and O–H groups in total. The number of hydrogen-bond acceptors (Lipinski definition) is 5. The molecule has 1 aliphatic rings. The number of carbonyl (C=O) groups is 1. The van der Waals surface area contributed by atoms with Gasteiger partial charge in [-0.15, -0.1) is 0 Å². The average molecular weight is 404 g/mol. The van der Waals surface area contributed by atoms with E-state index in [1.807, 2.05) is 60.5 Å². The number of carboxylic acids is 1. The molecule has 30 heavy (non-hydrogen) atoms. The zero-order chi connectivity index (χ0) is 21.3. The first-order valence-corrected chi connectivity index (χ1v) is 9.80. The molecule has 4 rings (SSSR count). The van der Waals surface area contributed by atoms with Gasteiger partial charge in [0.2, 0.25) is 0 Å². The molecule has 154 valence electrons. The van der Waals surface area contributed by atoms with Crippen LogP contribution in [0, 0.1) is 0 Å². The van der Waals surface area contributed by atoms with E-state index in [1.165, 1.54) is 0 Å². The summed E-state index contributed by atoms with van der Waals surface area (Å²) in [5.41, 5.74) is 3.35. The van der Waals surface area contributed by atoms with Crippen LogP contribution in [-0.2, 0) is 4.79 Å². The number of ether oxygens (including phenoxy) is 2. The van der Waals surface area contributed by atoms with Crippen LogP contribution in [0.4, 0.5) is 0 Å². The second kappa shape index (κ2) is 8.16. The fourth-order valence-electron chi connectivity index (χ4n) is 3.94. The van der Waals surface area contributed by atoms with Crippen molar-refractivity contribution in [1.82, 2.24) is 9.88 Å². The van der Waals surface area contributed by atoms with Gasteiger partial charge >= 0.3 is 5.97 Å². The molecule has 1 fully saturated rings. The lowest BCUT2D eigenvalue weighted by atomic mass is 10.1. The van der Waals surface area contributed by atoms with E-state index in [0.29, 0.717) is 24.5 Å². The second-order valence-electron chi connectivity index (χ2n) is 7.46. The predicted molar refractivity (Wildman–Crippen MR) is 117 cm³/mol. The molecule has 0 bridgehead atoms. The van der Waals surface area contributed by atoms with Crippen LogP contribution in [0.5, 0.6) is 11.5 Å². The molecule has 3 aromatic rings. The monoisotopic (exact) mass is 404 g/mol. The highest BCUT2D eigenvalue weighted by Gasteiger charge is 2.36. The van der Waals surface area contributed by atoms with E-state index in [-0.39, 0.29) is 6.10 Å². The first kappa shape index (κ1) is 19.9. The number of fused-ring (bicyclic) bond motifs is 1. The minimum absolute atomic E-state index is 0.223. The van der Waals surface area contributed by atoms with Crippen molar-refractivity contribution < 1.29 is 19.4 Å². The Morgan fingerprint density at radius 2 is 2.00 bits per heavy atom. The number of carboxylic acid groups (broad SMARTS) is 1. The Labute approximate surface area is 175 Å². The van der Waals surface area contributed by atoms with Gasteiger partial charge in [0, 0.05) is 41.6 Å². The first-order valence-electron chi connectivity index (χ1n) is 9.80. The van der Waals surface area contributed by atoms with Gasteiger partial charge in [-0.3, -0.25) is 9.69 Å². The van der Waals surface area contributed by atoms with E-state index in [4.69, 9.17) is 14.5 Å². The van der Waals surface area contributed by atoms with Gasteiger partial charge in [0.25, 0.3) is 0 Å². The first-order chi connectivity index (χ1) is 14.5. The quantitative estimate of drug-likeness (QED) is 0.667. The predicted octanol–water partition coefficient (Wildman–Crippen LogP) is 4.09. The highest BCUT2D eigenvalue weighted by Crippen LogP contribution is 2.36. The van der Waals surface area contributed by atoms with Gasteiger partial charge in [0.15, 0.2) is 0 Å². The van der Waals surface area contributed by atoms with Crippen molar-refractivity contribution in [2.45, 2.75) is 18.6 Å². The van der Waals surface area contributed by atoms with Gasteiger partial charge in [-0.1, -0.05) is 43.0 Å². The van der Waals surface area contributed by atoms with Crippen LogP contribution in [0.1, 0.15) is 12.0 Å². The number of likely N-dealkylation sites (N-methyl/N-ethyl adjacent to an activating group) is 1. The molecule has 0 spiro atoms. The lowest BCUT2D eigenvalue weighted by Gasteiger charge is -2.17. The molecule has 2 aromatic carbocycles. The smallest absolute Gasteiger partial charge is 0.321 e. The molecule has 6 nitrogen and oxygen atoms in total. The second-order valence-corrected chi connectivity index (χ2v) is 7.46. The van der Waals surface area contributed by atoms with Crippen molar-refractivity contribution in [3.8, 4) is 22.8 Å². The Morgan fingerprint density at radius 1 is 1.23 bits per heavy atom. The molecule has 1 aliphatic heterocycles. The average Bonchev–Trinajstić information content (AvgIpc) is 3.13. The van der Waals surface area contributed by atoms with Crippen molar-refractivity contribution in [3.63, 3.8) is 0 Å². The van der Waals surface area contributed by atoms with Gasteiger partial charge in [-0.25, -0.2) is 4.98 Å². The van der Waals surface area contributed by atoms with Crippen molar-refractivity contribution in [2.24, 2.45) is 0 Å². The maximum atomic E-state index is 11.5. The highest BCUT2D eigenvalue weighted by atomic mass is 16.5. The lowest BCUT2D eigenvalue weighted by Crippen LogP contribution is -2.32. The van der Waals surface area contributed by atoms with E-state index >= 15 is 0 Å². The van der Waals surface area contributed by atoms with Crippen molar-refractivity contribution >= 4 is 22.9 Å². The maximum absolute atomic E-state index is 11.5. The number of methoxy groups -OCH3 is 1. The Balaban J connectivity index is 1.81. The summed E-state index contributed by atoms with van der Waals surface area (Å²) in [6, 6.07) is 15.1. The third-order valence-electron chi connectivity index (χ3n) is 5.50. The van der Waals surface area contributed by atoms with E-state index in [9.17, 15) is 9.90 Å². The third kappa shape index (κ3) is 3.74. The third-order valence-corrected chi connectivity index (χ3v) is 5.50. The fraction of sp³-hybridized carbons (Fsp3) is 0.250. The molecule has 1 saturated heterocycles. The summed E-state index contributed by atoms with van der Waals surface area (Å²) in [4.78, 5) is 18.1. The van der Waals surface area contributed by atoms with E-state index in [1.54, 1.807) is 13.2 Å². The van der Waals surface area contributed by atoms with Crippen LogP contribution < -0.4 is 9.47 Å². The Kier molecular flexibility index (Phi) is 5.42. The van der Waals surface area contributed by atoms with Gasteiger partial charge < -0.3 is 14.6 Å². The largest absolute Gasteiger partial charge is 0.496 e. The van der Waals surface area contributed by atoms with E-state index in [0.717, 1.165) is 27.7 Å². The lowest BCUT2D eigenvalue weighted by molar-refractivity contribution is -0.141. The number of hydrogen-bond donors (Lipinski definition) is 1. The Morgan fingerprint density at radius 3 is 2.63 bits per heavy atom. The van der Waals surface area contributed by atoms with Crippen LogP contribution in [0.15, 0.2) is 55.1 Å². The summed E-state index contributed by atoms with van der Waals surface area (Å²) in [6.45, 7) is 4.42. The standard InChI is InChI=1S/C24H24N2O4/c1-4-15-10-18-20(13-22(15)29-3)25-19(16-8-6-5-7-9-16)12-23(18)30-17-11-21(24(27)28)26(2)14-17/h4-10,12-13,17,21H,1,11,14H2,2-3H3,(H,27,28)/t17-,21+/m1/s1. The number of aliphatic carboxylic acids is 1. The Bertz CT molecular complexity index is 1100. The van der Waals surface area contributed by atoms with Gasteiger partial charge in [-0.05, 0) is 13.1 Å². The van der Waals surface area contributed by atoms with Crippen molar-refractivity contribution in [2.75, 3.05) is 20.7 Å². The summed E-state index contributed by atoms with van der Waals surface area (Å²) in [5.74, 6) is 0.536. The summed E-state index contributed by atoms with van der Waals surface area (Å²) in [5, 5.41) is 10.3. The van der Waals surface area contributed by atoms with Crippen molar-refractivity contribution in [1.29, 1.82) is 0 Å². The molecule has 0 radical (unpaired) electrons. The van der Waals surface area contributed by atoms with Crippen LogP contribution in [0.25, 0.3) is 28.2 Å². The number of benzene rings is 2.